The van der Waals surface area contributed by atoms with Gasteiger partial charge in [-0.15, -0.1) is 0 Å². The zero-order valence-corrected chi connectivity index (χ0v) is 10.4. The summed E-state index contributed by atoms with van der Waals surface area (Å²) in [5.74, 6) is 0.131. The van der Waals surface area contributed by atoms with Gasteiger partial charge in [0.25, 0.3) is 5.56 Å². The lowest BCUT2D eigenvalue weighted by atomic mass is 10.1. The van der Waals surface area contributed by atoms with E-state index in [1.54, 1.807) is 12.1 Å². The fraction of sp³-hybridized carbons (Fsp3) is 0.167. The van der Waals surface area contributed by atoms with E-state index in [4.69, 9.17) is 17.3 Å². The summed E-state index contributed by atoms with van der Waals surface area (Å²) < 4.78 is 1.32. The quantitative estimate of drug-likeness (QED) is 0.861. The zero-order chi connectivity index (χ0) is 13.3. The minimum absolute atomic E-state index is 0.131. The molecule has 3 N–H and O–H groups in total. The Bertz CT molecular complexity index is 673. The number of nitrogens with one attached hydrogen (secondary N) is 1. The highest BCUT2D eigenvalue weighted by Crippen LogP contribution is 2.20. The van der Waals surface area contributed by atoms with Crippen LogP contribution in [0.4, 0.5) is 5.82 Å². The molecule has 0 spiro atoms. The summed E-state index contributed by atoms with van der Waals surface area (Å²) in [7, 11) is 0. The third-order valence-corrected chi connectivity index (χ3v) is 3.00. The van der Waals surface area contributed by atoms with Crippen molar-refractivity contribution in [3.05, 3.63) is 61.8 Å². The first kappa shape index (κ1) is 12.4. The second kappa shape index (κ2) is 4.70. The van der Waals surface area contributed by atoms with Crippen LogP contribution in [0, 0.1) is 0 Å². The highest BCUT2D eigenvalue weighted by atomic mass is 35.5. The van der Waals surface area contributed by atoms with Gasteiger partial charge in [0, 0.05) is 11.1 Å². The smallest absolute Gasteiger partial charge is 0.330 e. The van der Waals surface area contributed by atoms with Crippen LogP contribution in [0.2, 0.25) is 5.02 Å². The SMILES string of the molecule is CC(c1ccc(Cl)cc1)n1c(N)cc(=O)[nH]c1=O. The first-order valence-corrected chi connectivity index (χ1v) is 5.73. The van der Waals surface area contributed by atoms with Gasteiger partial charge in [0.1, 0.15) is 5.82 Å². The average molecular weight is 266 g/mol. The van der Waals surface area contributed by atoms with E-state index in [0.717, 1.165) is 5.56 Å². The number of nitrogens with zero attached hydrogens (tertiary/aromatic N) is 1. The summed E-state index contributed by atoms with van der Waals surface area (Å²) in [6.45, 7) is 1.82. The number of benzene rings is 1. The van der Waals surface area contributed by atoms with Gasteiger partial charge in [-0.1, -0.05) is 23.7 Å². The lowest BCUT2D eigenvalue weighted by Crippen LogP contribution is -2.33. The second-order valence-electron chi connectivity index (χ2n) is 3.96. The van der Waals surface area contributed by atoms with Crippen molar-refractivity contribution in [2.24, 2.45) is 0 Å². The van der Waals surface area contributed by atoms with E-state index >= 15 is 0 Å². The standard InChI is InChI=1S/C12H12ClN3O2/c1-7(8-2-4-9(13)5-3-8)16-10(14)6-11(17)15-12(16)18/h2-7H,14H2,1H3,(H,15,17,18). The van der Waals surface area contributed by atoms with Gasteiger partial charge in [-0.05, 0) is 24.6 Å². The molecule has 0 amide bonds. The topological polar surface area (TPSA) is 80.9 Å². The van der Waals surface area contributed by atoms with Crippen LogP contribution in [0.1, 0.15) is 18.5 Å². The minimum Gasteiger partial charge on any atom is -0.385 e. The van der Waals surface area contributed by atoms with Gasteiger partial charge in [0.05, 0.1) is 6.04 Å². The molecule has 1 atom stereocenters. The Hall–Kier alpha value is -2.01. The molecule has 0 bridgehead atoms. The molecular weight excluding hydrogens is 254 g/mol. The van der Waals surface area contributed by atoms with E-state index in [-0.39, 0.29) is 11.9 Å². The van der Waals surface area contributed by atoms with Gasteiger partial charge < -0.3 is 5.73 Å². The van der Waals surface area contributed by atoms with Crippen molar-refractivity contribution in [2.75, 3.05) is 5.73 Å². The summed E-state index contributed by atoms with van der Waals surface area (Å²) in [4.78, 5) is 25.0. The van der Waals surface area contributed by atoms with E-state index in [1.165, 1.54) is 10.6 Å². The number of hydrogen-bond donors (Lipinski definition) is 2. The molecule has 5 nitrogen and oxygen atoms in total. The summed E-state index contributed by atoms with van der Waals surface area (Å²) in [6, 6.07) is 7.99. The van der Waals surface area contributed by atoms with Gasteiger partial charge in [-0.3, -0.25) is 14.3 Å². The second-order valence-corrected chi connectivity index (χ2v) is 4.40. The Morgan fingerprint density at radius 3 is 2.44 bits per heavy atom. The molecule has 0 radical (unpaired) electrons. The Labute approximate surface area is 108 Å². The molecule has 0 fully saturated rings. The number of nitrogen functional groups attached to an aromatic ring is 1. The lowest BCUT2D eigenvalue weighted by molar-refractivity contribution is 0.604. The normalized spacial score (nSPS) is 12.3. The molecule has 0 saturated carbocycles. The lowest BCUT2D eigenvalue weighted by Gasteiger charge is -2.17. The molecule has 2 rings (SSSR count). The van der Waals surface area contributed by atoms with Gasteiger partial charge in [0.15, 0.2) is 0 Å². The van der Waals surface area contributed by atoms with Crippen molar-refractivity contribution in [3.63, 3.8) is 0 Å². The molecule has 6 heteroatoms. The first-order chi connectivity index (χ1) is 8.49. The number of anilines is 1. The van der Waals surface area contributed by atoms with Crippen molar-refractivity contribution >= 4 is 17.4 Å². The molecule has 1 aromatic heterocycles. The Morgan fingerprint density at radius 2 is 1.89 bits per heavy atom. The van der Waals surface area contributed by atoms with Crippen LogP contribution < -0.4 is 17.0 Å². The number of rotatable bonds is 2. The largest absolute Gasteiger partial charge is 0.385 e. The molecule has 0 aliphatic rings. The van der Waals surface area contributed by atoms with Gasteiger partial charge in [0.2, 0.25) is 0 Å². The number of hydrogen-bond acceptors (Lipinski definition) is 3. The van der Waals surface area contributed by atoms with Crippen LogP contribution in [0.3, 0.4) is 0 Å². The summed E-state index contributed by atoms with van der Waals surface area (Å²) in [6.07, 6.45) is 0. The third kappa shape index (κ3) is 2.31. The van der Waals surface area contributed by atoms with Gasteiger partial charge >= 0.3 is 5.69 Å². The predicted octanol–water partition coefficient (Wildman–Crippen LogP) is 1.38. The molecular formula is C12H12ClN3O2. The van der Waals surface area contributed by atoms with Crippen molar-refractivity contribution in [2.45, 2.75) is 13.0 Å². The van der Waals surface area contributed by atoms with Gasteiger partial charge in [-0.25, -0.2) is 4.79 Å². The van der Waals surface area contributed by atoms with Crippen molar-refractivity contribution < 1.29 is 0 Å². The Morgan fingerprint density at radius 1 is 1.28 bits per heavy atom. The van der Waals surface area contributed by atoms with E-state index in [1.807, 2.05) is 19.1 Å². The Balaban J connectivity index is 2.52. The van der Waals surface area contributed by atoms with Crippen molar-refractivity contribution in [3.8, 4) is 0 Å². The van der Waals surface area contributed by atoms with E-state index in [9.17, 15) is 9.59 Å². The molecule has 0 saturated heterocycles. The highest BCUT2D eigenvalue weighted by molar-refractivity contribution is 6.30. The number of nitrogens with two attached hydrogens (primary N) is 1. The minimum atomic E-state index is -0.526. The van der Waals surface area contributed by atoms with Crippen LogP contribution in [0.5, 0.6) is 0 Å². The highest BCUT2D eigenvalue weighted by Gasteiger charge is 2.12. The number of H-pyrrole nitrogens is 1. The fourth-order valence-electron chi connectivity index (χ4n) is 1.81. The van der Waals surface area contributed by atoms with Crippen molar-refractivity contribution in [1.82, 2.24) is 9.55 Å². The van der Waals surface area contributed by atoms with E-state index < -0.39 is 11.2 Å². The van der Waals surface area contributed by atoms with E-state index in [0.29, 0.717) is 5.02 Å². The molecule has 94 valence electrons. The van der Waals surface area contributed by atoms with Crippen LogP contribution in [-0.4, -0.2) is 9.55 Å². The summed E-state index contributed by atoms with van der Waals surface area (Å²) in [5.41, 5.74) is 5.55. The molecule has 1 heterocycles. The maximum atomic E-state index is 11.7. The maximum Gasteiger partial charge on any atom is 0.330 e. The number of aromatic amines is 1. The first-order valence-electron chi connectivity index (χ1n) is 5.36. The van der Waals surface area contributed by atoms with Crippen molar-refractivity contribution in [1.29, 1.82) is 0 Å². The van der Waals surface area contributed by atoms with E-state index in [2.05, 4.69) is 4.98 Å². The monoisotopic (exact) mass is 265 g/mol. The molecule has 18 heavy (non-hydrogen) atoms. The molecule has 0 aliphatic heterocycles. The van der Waals surface area contributed by atoms with Crippen LogP contribution in [0.25, 0.3) is 0 Å². The molecule has 1 unspecified atom stereocenters. The third-order valence-electron chi connectivity index (χ3n) is 2.75. The zero-order valence-electron chi connectivity index (χ0n) is 9.68. The van der Waals surface area contributed by atoms with Crippen LogP contribution in [0.15, 0.2) is 39.9 Å². The number of aromatic nitrogens is 2. The number of halogens is 1. The maximum absolute atomic E-state index is 11.7. The van der Waals surface area contributed by atoms with Gasteiger partial charge in [-0.2, -0.15) is 0 Å². The summed E-state index contributed by atoms with van der Waals surface area (Å²) >= 11 is 5.80. The predicted molar refractivity (Wildman–Crippen MR) is 71.0 cm³/mol. The average Bonchev–Trinajstić information content (AvgIpc) is 2.28. The van der Waals surface area contributed by atoms with Crippen LogP contribution >= 0.6 is 11.6 Å². The summed E-state index contributed by atoms with van der Waals surface area (Å²) in [5, 5.41) is 0.618. The van der Waals surface area contributed by atoms with Crippen LogP contribution in [-0.2, 0) is 0 Å². The fourth-order valence-corrected chi connectivity index (χ4v) is 1.94. The molecule has 2 aromatic rings. The Kier molecular flexibility index (Phi) is 3.25. The molecule has 1 aromatic carbocycles. The molecule has 0 aliphatic carbocycles.